The Morgan fingerprint density at radius 1 is 1.34 bits per heavy atom. The molecule has 1 fully saturated rings. The number of carbonyl (C=O) groups excluding carboxylic acids is 3. The van der Waals surface area contributed by atoms with E-state index in [4.69, 9.17) is 8.92 Å². The Labute approximate surface area is 205 Å². The zero-order chi connectivity index (χ0) is 25.9. The van der Waals surface area contributed by atoms with Crippen LogP contribution >= 0.6 is 11.8 Å². The van der Waals surface area contributed by atoms with Gasteiger partial charge in [0.1, 0.15) is 12.3 Å². The summed E-state index contributed by atoms with van der Waals surface area (Å²) in [7, 11) is -3.79. The number of thioether (sulfide) groups is 1. The number of fused-ring (bicyclic) bond motifs is 1. The smallest absolute Gasteiger partial charge is 0.356 e. The number of esters is 1. The molecule has 35 heavy (non-hydrogen) atoms. The van der Waals surface area contributed by atoms with E-state index in [9.17, 15) is 32.9 Å². The zero-order valence-corrected chi connectivity index (χ0v) is 20.6. The van der Waals surface area contributed by atoms with Crippen LogP contribution in [0, 0.1) is 16.0 Å². The van der Waals surface area contributed by atoms with E-state index in [1.54, 1.807) is 5.41 Å². The third-order valence-electron chi connectivity index (χ3n) is 5.28. The van der Waals surface area contributed by atoms with Crippen LogP contribution in [0.5, 0.6) is 0 Å². The first-order valence-electron chi connectivity index (χ1n) is 10.3. The highest BCUT2D eigenvalue weighted by atomic mass is 32.2. The molecule has 1 saturated heterocycles. The Morgan fingerprint density at radius 2 is 2.00 bits per heavy atom. The summed E-state index contributed by atoms with van der Waals surface area (Å²) in [4.78, 5) is 49.0. The second-order valence-corrected chi connectivity index (χ2v) is 10.5. The van der Waals surface area contributed by atoms with Crippen molar-refractivity contribution in [2.45, 2.75) is 39.0 Å². The first-order chi connectivity index (χ1) is 16.4. The van der Waals surface area contributed by atoms with Crippen LogP contribution in [0.1, 0.15) is 25.8 Å². The number of amides is 2. The summed E-state index contributed by atoms with van der Waals surface area (Å²) in [6.45, 7) is 2.64. The molecule has 1 N–H and O–H groups in total. The minimum atomic E-state index is -3.79. The highest BCUT2D eigenvalue weighted by Gasteiger charge is 2.58. The van der Waals surface area contributed by atoms with Crippen LogP contribution in [0.2, 0.25) is 0 Å². The zero-order valence-electron chi connectivity index (χ0n) is 19.0. The van der Waals surface area contributed by atoms with E-state index < -0.39 is 45.0 Å². The van der Waals surface area contributed by atoms with E-state index >= 15 is 0 Å². The second-order valence-electron chi connectivity index (χ2n) is 7.90. The third-order valence-corrected chi connectivity index (χ3v) is 6.85. The van der Waals surface area contributed by atoms with Gasteiger partial charge in [0.25, 0.3) is 15.8 Å². The monoisotopic (exact) mass is 525 g/mol. The molecule has 2 aliphatic rings. The van der Waals surface area contributed by atoms with Gasteiger partial charge in [-0.05, 0) is 30.0 Å². The Morgan fingerprint density at radius 3 is 2.57 bits per heavy atom. The lowest BCUT2D eigenvalue weighted by Crippen LogP contribution is -2.62. The average molecular weight is 526 g/mol. The summed E-state index contributed by atoms with van der Waals surface area (Å²) in [5.41, 5.74) is 0.442. The van der Waals surface area contributed by atoms with Crippen LogP contribution in [0.3, 0.4) is 0 Å². The van der Waals surface area contributed by atoms with Gasteiger partial charge in [-0.3, -0.25) is 23.9 Å². The molecule has 0 aromatic heterocycles. The van der Waals surface area contributed by atoms with Crippen LogP contribution in [-0.2, 0) is 40.0 Å². The molecular formula is C21H23N3O9S2. The average Bonchev–Trinajstić information content (AvgIpc) is 3.08. The van der Waals surface area contributed by atoms with Crippen LogP contribution in [-0.4, -0.2) is 54.4 Å². The summed E-state index contributed by atoms with van der Waals surface area (Å²) in [6, 6.07) is 5.00. The summed E-state index contributed by atoms with van der Waals surface area (Å²) in [6.07, 6.45) is 1.64. The molecule has 0 bridgehead atoms. The van der Waals surface area contributed by atoms with Gasteiger partial charge in [0, 0.05) is 36.6 Å². The molecule has 12 nitrogen and oxygen atoms in total. The number of nitro groups is 1. The quantitative estimate of drug-likeness (QED) is 0.157. The van der Waals surface area contributed by atoms with Crippen molar-refractivity contribution in [2.75, 3.05) is 6.26 Å². The van der Waals surface area contributed by atoms with Crippen molar-refractivity contribution in [3.05, 3.63) is 62.2 Å². The van der Waals surface area contributed by atoms with E-state index in [0.29, 0.717) is 10.5 Å². The maximum atomic E-state index is 13.0. The van der Waals surface area contributed by atoms with Crippen molar-refractivity contribution in [3.8, 4) is 0 Å². The molecule has 0 spiro atoms. The molecule has 3 atom stereocenters. The number of nitrogens with one attached hydrogen (secondary N) is 1. The second kappa shape index (κ2) is 10.6. The topological polar surface area (TPSA) is 162 Å². The van der Waals surface area contributed by atoms with E-state index in [-0.39, 0.29) is 30.3 Å². The van der Waals surface area contributed by atoms with Gasteiger partial charge in [0.15, 0.2) is 0 Å². The number of hydrogen-bond donors (Lipinski definition) is 1. The van der Waals surface area contributed by atoms with Crippen LogP contribution in [0.25, 0.3) is 0 Å². The molecule has 2 aliphatic heterocycles. The highest BCUT2D eigenvalue weighted by Crippen LogP contribution is 2.48. The molecule has 2 heterocycles. The Hall–Kier alpha value is -3.23. The predicted octanol–water partition coefficient (Wildman–Crippen LogP) is 1.79. The first-order valence-corrected chi connectivity index (χ1v) is 13.0. The van der Waals surface area contributed by atoms with Crippen molar-refractivity contribution in [1.82, 2.24) is 10.2 Å². The number of non-ortho nitro benzene ring substituents is 1. The number of carbonyl (C=O) groups is 3. The maximum absolute atomic E-state index is 13.0. The number of nitro benzene ring substituents is 1. The molecule has 188 valence electrons. The molecule has 2 amide bonds. The van der Waals surface area contributed by atoms with Crippen molar-refractivity contribution >= 4 is 45.4 Å². The Kier molecular flexibility index (Phi) is 7.97. The third kappa shape index (κ3) is 6.26. The van der Waals surface area contributed by atoms with Gasteiger partial charge >= 0.3 is 5.97 Å². The number of ether oxygens (including phenoxy) is 1. The molecule has 0 unspecified atom stereocenters. The maximum Gasteiger partial charge on any atom is 0.356 e. The molecule has 0 aliphatic carbocycles. The fourth-order valence-electron chi connectivity index (χ4n) is 3.85. The van der Waals surface area contributed by atoms with Crippen molar-refractivity contribution in [2.24, 2.45) is 5.92 Å². The number of β-lactam (4-membered cyclic amide) rings is 1. The molecule has 3 rings (SSSR count). The van der Waals surface area contributed by atoms with Crippen LogP contribution < -0.4 is 5.32 Å². The lowest BCUT2D eigenvalue weighted by atomic mass is 9.83. The van der Waals surface area contributed by atoms with E-state index in [0.717, 1.165) is 18.0 Å². The minimum absolute atomic E-state index is 0.0298. The lowest BCUT2D eigenvalue weighted by Gasteiger charge is -2.45. The van der Waals surface area contributed by atoms with E-state index in [2.05, 4.69) is 5.32 Å². The highest BCUT2D eigenvalue weighted by molar-refractivity contribution is 8.05. The normalized spacial score (nSPS) is 20.4. The van der Waals surface area contributed by atoms with E-state index in [1.165, 1.54) is 49.2 Å². The molecule has 1 aromatic carbocycles. The first kappa shape index (κ1) is 26.4. The van der Waals surface area contributed by atoms with Gasteiger partial charge in [-0.1, -0.05) is 11.8 Å². The fourth-order valence-corrected chi connectivity index (χ4v) is 5.38. The lowest BCUT2D eigenvalue weighted by molar-refractivity contribution is -0.384. The molecular weight excluding hydrogens is 502 g/mol. The summed E-state index contributed by atoms with van der Waals surface area (Å²) < 4.78 is 33.4. The van der Waals surface area contributed by atoms with Gasteiger partial charge in [-0.2, -0.15) is 8.42 Å². The largest absolute Gasteiger partial charge is 0.456 e. The van der Waals surface area contributed by atoms with Crippen molar-refractivity contribution < 1.29 is 36.6 Å². The number of benzene rings is 1. The number of rotatable bonds is 10. The Bertz CT molecular complexity index is 1210. The summed E-state index contributed by atoms with van der Waals surface area (Å²) >= 11 is 1.12. The van der Waals surface area contributed by atoms with E-state index in [1.807, 2.05) is 0 Å². The summed E-state index contributed by atoms with van der Waals surface area (Å²) in [5, 5.41) is 14.8. The van der Waals surface area contributed by atoms with Gasteiger partial charge in [-0.15, -0.1) is 0 Å². The predicted molar refractivity (Wildman–Crippen MR) is 125 cm³/mol. The van der Waals surface area contributed by atoms with Crippen molar-refractivity contribution in [3.63, 3.8) is 0 Å². The van der Waals surface area contributed by atoms with Gasteiger partial charge in [0.2, 0.25) is 11.8 Å². The van der Waals surface area contributed by atoms with Gasteiger partial charge < -0.3 is 15.0 Å². The van der Waals surface area contributed by atoms with Crippen molar-refractivity contribution in [1.29, 1.82) is 0 Å². The van der Waals surface area contributed by atoms with Crippen LogP contribution in [0.4, 0.5) is 5.69 Å². The number of nitrogens with zero attached hydrogens (tertiary/aromatic N) is 2. The van der Waals surface area contributed by atoms with Gasteiger partial charge in [-0.25, -0.2) is 4.79 Å². The summed E-state index contributed by atoms with van der Waals surface area (Å²) in [5.74, 6) is -2.28. The van der Waals surface area contributed by atoms with Crippen LogP contribution in [0.15, 0.2) is 46.5 Å². The molecule has 0 radical (unpaired) electrons. The fraction of sp³-hybridized carbons (Fsp3) is 0.381. The molecule has 14 heteroatoms. The molecule has 1 aromatic rings. The SMILES string of the molecule is CC(=O)NC=CSC1=C(C(=O)OCc2ccc([N+](=O)[O-])cc2)N2C(=O)[C@H]([C@H](C)OS(C)(=O)=O)[C@H]2C1. The standard InChI is InChI=1S/C21H23N3O9S2/c1-12(33-35(3,30)31)18-16-10-17(34-9-8-22-13(2)25)19(23(16)20(18)26)21(27)32-11-14-4-6-15(7-5-14)24(28)29/h4-9,12,16,18H,10-11H2,1-3H3,(H,22,25)/t12-,16+,18+/m0/s1. The van der Waals surface area contributed by atoms with Gasteiger partial charge in [0.05, 0.1) is 29.2 Å². The Balaban J connectivity index is 1.77. The number of hydrogen-bond acceptors (Lipinski definition) is 10. The molecule has 0 saturated carbocycles. The minimum Gasteiger partial charge on any atom is -0.456 e.